The lowest BCUT2D eigenvalue weighted by molar-refractivity contribution is -0.122. The minimum absolute atomic E-state index is 0.0893. The molecule has 0 spiro atoms. The molecule has 1 heterocycles. The first-order valence-electron chi connectivity index (χ1n) is 9.82. The fourth-order valence-corrected chi connectivity index (χ4v) is 4.32. The summed E-state index contributed by atoms with van der Waals surface area (Å²) >= 11 is 7.52. The SMILES string of the molecule is Cc1cc(C)c(NC(=O)CNC(=O)CSc2nccn2-c2cccc(Cl)c2C)c(C)c1. The molecule has 0 saturated heterocycles. The van der Waals surface area contributed by atoms with Crippen molar-refractivity contribution in [2.45, 2.75) is 32.9 Å². The number of aryl methyl sites for hydroxylation is 3. The monoisotopic (exact) mass is 456 g/mol. The summed E-state index contributed by atoms with van der Waals surface area (Å²) in [6, 6.07) is 9.69. The van der Waals surface area contributed by atoms with Gasteiger partial charge in [0, 0.05) is 23.1 Å². The van der Waals surface area contributed by atoms with Crippen LogP contribution in [0.25, 0.3) is 5.69 Å². The number of hydrogen-bond donors (Lipinski definition) is 2. The van der Waals surface area contributed by atoms with Gasteiger partial charge >= 0.3 is 0 Å². The normalized spacial score (nSPS) is 10.7. The van der Waals surface area contributed by atoms with E-state index in [0.29, 0.717) is 10.2 Å². The van der Waals surface area contributed by atoms with Crippen LogP contribution in [-0.4, -0.2) is 33.7 Å². The van der Waals surface area contributed by atoms with E-state index in [9.17, 15) is 9.59 Å². The Bertz CT molecular complexity index is 1100. The molecule has 2 amide bonds. The number of halogens is 1. The minimum Gasteiger partial charge on any atom is -0.346 e. The fraction of sp³-hybridized carbons (Fsp3) is 0.261. The van der Waals surface area contributed by atoms with E-state index in [0.717, 1.165) is 33.6 Å². The second kappa shape index (κ2) is 10.0. The topological polar surface area (TPSA) is 76.0 Å². The molecule has 6 nitrogen and oxygen atoms in total. The van der Waals surface area contributed by atoms with Gasteiger partial charge in [-0.2, -0.15) is 0 Å². The molecule has 0 fully saturated rings. The number of carbonyl (C=O) groups is 2. The van der Waals surface area contributed by atoms with Crippen molar-refractivity contribution in [2.24, 2.45) is 0 Å². The van der Waals surface area contributed by atoms with Crippen molar-refractivity contribution in [1.29, 1.82) is 0 Å². The Balaban J connectivity index is 1.54. The maximum absolute atomic E-state index is 12.3. The first-order valence-corrected chi connectivity index (χ1v) is 11.2. The van der Waals surface area contributed by atoms with Gasteiger partial charge in [-0.25, -0.2) is 4.98 Å². The second-order valence-electron chi connectivity index (χ2n) is 7.35. The van der Waals surface area contributed by atoms with Crippen LogP contribution in [-0.2, 0) is 9.59 Å². The molecule has 3 rings (SSSR count). The van der Waals surface area contributed by atoms with Gasteiger partial charge in [0.25, 0.3) is 0 Å². The second-order valence-corrected chi connectivity index (χ2v) is 8.70. The van der Waals surface area contributed by atoms with Gasteiger partial charge in [0.1, 0.15) is 0 Å². The maximum Gasteiger partial charge on any atom is 0.243 e. The Morgan fingerprint density at radius 3 is 2.52 bits per heavy atom. The maximum atomic E-state index is 12.3. The van der Waals surface area contributed by atoms with Crippen molar-refractivity contribution in [3.63, 3.8) is 0 Å². The molecule has 0 aliphatic carbocycles. The number of hydrogen-bond acceptors (Lipinski definition) is 4. The van der Waals surface area contributed by atoms with Crippen molar-refractivity contribution in [3.05, 3.63) is 70.0 Å². The largest absolute Gasteiger partial charge is 0.346 e. The number of rotatable bonds is 7. The smallest absolute Gasteiger partial charge is 0.243 e. The summed E-state index contributed by atoms with van der Waals surface area (Å²) in [6.45, 7) is 7.77. The summed E-state index contributed by atoms with van der Waals surface area (Å²) in [4.78, 5) is 28.9. The quantitative estimate of drug-likeness (QED) is 0.509. The van der Waals surface area contributed by atoms with Crippen LogP contribution >= 0.6 is 23.4 Å². The molecular weight excluding hydrogens is 432 g/mol. The molecule has 0 radical (unpaired) electrons. The van der Waals surface area contributed by atoms with Gasteiger partial charge in [0.2, 0.25) is 11.8 Å². The Hall–Kier alpha value is -2.77. The summed E-state index contributed by atoms with van der Waals surface area (Å²) in [5.74, 6) is -0.355. The zero-order valence-corrected chi connectivity index (χ0v) is 19.5. The molecule has 0 aliphatic heterocycles. The first kappa shape index (κ1) is 22.9. The van der Waals surface area contributed by atoms with Gasteiger partial charge < -0.3 is 10.6 Å². The van der Waals surface area contributed by atoms with Crippen LogP contribution in [0.15, 0.2) is 47.9 Å². The molecule has 3 aromatic rings. The first-order chi connectivity index (χ1) is 14.8. The van der Waals surface area contributed by atoms with Gasteiger partial charge in [0.05, 0.1) is 18.0 Å². The third-order valence-electron chi connectivity index (χ3n) is 4.83. The van der Waals surface area contributed by atoms with Crippen LogP contribution in [0.4, 0.5) is 5.69 Å². The number of nitrogens with one attached hydrogen (secondary N) is 2. The Morgan fingerprint density at radius 1 is 1.10 bits per heavy atom. The van der Waals surface area contributed by atoms with Crippen molar-refractivity contribution in [2.75, 3.05) is 17.6 Å². The van der Waals surface area contributed by atoms with Crippen LogP contribution < -0.4 is 10.6 Å². The van der Waals surface area contributed by atoms with Crippen molar-refractivity contribution in [1.82, 2.24) is 14.9 Å². The van der Waals surface area contributed by atoms with Gasteiger partial charge in [-0.1, -0.05) is 47.1 Å². The highest BCUT2D eigenvalue weighted by molar-refractivity contribution is 7.99. The summed E-state index contributed by atoms with van der Waals surface area (Å²) < 4.78 is 1.90. The highest BCUT2D eigenvalue weighted by Gasteiger charge is 2.13. The van der Waals surface area contributed by atoms with Crippen molar-refractivity contribution >= 4 is 40.9 Å². The molecule has 0 unspecified atom stereocenters. The number of thioether (sulfide) groups is 1. The molecule has 1 aromatic heterocycles. The summed E-state index contributed by atoms with van der Waals surface area (Å²) in [5.41, 5.74) is 5.78. The number of amides is 2. The van der Waals surface area contributed by atoms with E-state index in [1.807, 2.05) is 68.8 Å². The van der Waals surface area contributed by atoms with Crippen LogP contribution in [0.2, 0.25) is 5.02 Å². The Morgan fingerprint density at radius 2 is 1.81 bits per heavy atom. The van der Waals surface area contributed by atoms with Crippen LogP contribution in [0.3, 0.4) is 0 Å². The van der Waals surface area contributed by atoms with Crippen LogP contribution in [0.1, 0.15) is 22.3 Å². The average Bonchev–Trinajstić information content (AvgIpc) is 3.18. The molecule has 0 aliphatic rings. The molecule has 8 heteroatoms. The Kier molecular flexibility index (Phi) is 7.41. The number of benzene rings is 2. The third-order valence-corrected chi connectivity index (χ3v) is 6.20. The van der Waals surface area contributed by atoms with Crippen molar-refractivity contribution < 1.29 is 9.59 Å². The minimum atomic E-state index is -0.260. The van der Waals surface area contributed by atoms with Crippen LogP contribution in [0.5, 0.6) is 0 Å². The highest BCUT2D eigenvalue weighted by Crippen LogP contribution is 2.26. The third kappa shape index (κ3) is 5.68. The predicted molar refractivity (Wildman–Crippen MR) is 126 cm³/mol. The summed E-state index contributed by atoms with van der Waals surface area (Å²) in [7, 11) is 0. The number of aromatic nitrogens is 2. The molecule has 0 bridgehead atoms. The zero-order chi connectivity index (χ0) is 22.5. The van der Waals surface area contributed by atoms with E-state index in [1.54, 1.807) is 6.20 Å². The fourth-order valence-electron chi connectivity index (χ4n) is 3.36. The van der Waals surface area contributed by atoms with Gasteiger partial charge in [-0.3, -0.25) is 14.2 Å². The lowest BCUT2D eigenvalue weighted by Gasteiger charge is -2.13. The number of carbonyl (C=O) groups excluding carboxylic acids is 2. The standard InChI is InChI=1S/C23H25ClN4O2S/c1-14-10-15(2)22(16(3)11-14)27-20(29)12-26-21(30)13-31-23-25-8-9-28(23)19-7-5-6-18(24)17(19)4/h5-11H,12-13H2,1-4H3,(H,26,30)(H,27,29). The molecule has 31 heavy (non-hydrogen) atoms. The molecular formula is C23H25ClN4O2S. The van der Waals surface area contributed by atoms with Crippen LogP contribution in [0, 0.1) is 27.7 Å². The molecule has 2 aromatic carbocycles. The number of anilines is 1. The van der Waals surface area contributed by atoms with E-state index in [2.05, 4.69) is 15.6 Å². The van der Waals surface area contributed by atoms with E-state index in [4.69, 9.17) is 11.6 Å². The van der Waals surface area contributed by atoms with Gasteiger partial charge in [-0.05, 0) is 56.5 Å². The van der Waals surface area contributed by atoms with E-state index in [1.165, 1.54) is 11.8 Å². The molecule has 2 N–H and O–H groups in total. The van der Waals surface area contributed by atoms with Gasteiger partial charge in [0.15, 0.2) is 5.16 Å². The van der Waals surface area contributed by atoms with E-state index >= 15 is 0 Å². The average molecular weight is 457 g/mol. The Labute approximate surface area is 191 Å². The lowest BCUT2D eigenvalue weighted by atomic mass is 10.1. The van der Waals surface area contributed by atoms with E-state index in [-0.39, 0.29) is 24.1 Å². The predicted octanol–water partition coefficient (Wildman–Crippen LogP) is 4.61. The number of imidazole rings is 1. The summed E-state index contributed by atoms with van der Waals surface area (Å²) in [5, 5.41) is 6.90. The van der Waals surface area contributed by atoms with E-state index < -0.39 is 0 Å². The summed E-state index contributed by atoms with van der Waals surface area (Å²) in [6.07, 6.45) is 3.51. The highest BCUT2D eigenvalue weighted by atomic mass is 35.5. The van der Waals surface area contributed by atoms with Crippen molar-refractivity contribution in [3.8, 4) is 5.69 Å². The lowest BCUT2D eigenvalue weighted by Crippen LogP contribution is -2.34. The molecule has 0 saturated carbocycles. The number of nitrogens with zero attached hydrogens (tertiary/aromatic N) is 2. The molecule has 162 valence electrons. The zero-order valence-electron chi connectivity index (χ0n) is 18.0. The molecule has 0 atom stereocenters. The van der Waals surface area contributed by atoms with Gasteiger partial charge in [-0.15, -0.1) is 0 Å².